The minimum Gasteiger partial charge on any atom is -0.356 e. The number of aromatic nitrogens is 1. The van der Waals surface area contributed by atoms with E-state index in [4.69, 9.17) is 0 Å². The fourth-order valence-corrected chi connectivity index (χ4v) is 5.31. The van der Waals surface area contributed by atoms with Crippen LogP contribution in [0.1, 0.15) is 49.9 Å². The van der Waals surface area contributed by atoms with Gasteiger partial charge in [0.15, 0.2) is 0 Å². The zero-order valence-electron chi connectivity index (χ0n) is 17.4. The highest BCUT2D eigenvalue weighted by Gasteiger charge is 2.44. The van der Waals surface area contributed by atoms with Gasteiger partial charge < -0.3 is 10.2 Å². The summed E-state index contributed by atoms with van der Waals surface area (Å²) in [5, 5.41) is 2.83. The maximum Gasteiger partial charge on any atom is 0.259 e. The molecule has 1 aromatic heterocycles. The monoisotopic (exact) mass is 428 g/mol. The van der Waals surface area contributed by atoms with Crippen LogP contribution in [-0.2, 0) is 10.0 Å². The summed E-state index contributed by atoms with van der Waals surface area (Å²) in [7, 11) is -3.63. The second kappa shape index (κ2) is 8.00. The van der Waals surface area contributed by atoms with Gasteiger partial charge in [-0.2, -0.15) is 0 Å². The summed E-state index contributed by atoms with van der Waals surface area (Å²) in [5.41, 5.74) is 1.47. The summed E-state index contributed by atoms with van der Waals surface area (Å²) in [6.07, 6.45) is 6.64. The van der Waals surface area contributed by atoms with E-state index in [0.29, 0.717) is 22.5 Å². The molecule has 1 aromatic carbocycles. The Morgan fingerprint density at radius 2 is 1.83 bits per heavy atom. The third-order valence-electron chi connectivity index (χ3n) is 5.91. The van der Waals surface area contributed by atoms with Crippen LogP contribution >= 0.6 is 0 Å². The van der Waals surface area contributed by atoms with Crippen molar-refractivity contribution in [3.05, 3.63) is 48.2 Å². The largest absolute Gasteiger partial charge is 0.356 e. The van der Waals surface area contributed by atoms with Gasteiger partial charge in [-0.1, -0.05) is 6.07 Å². The Kier molecular flexibility index (Phi) is 5.55. The van der Waals surface area contributed by atoms with E-state index in [-0.39, 0.29) is 16.8 Å². The van der Waals surface area contributed by atoms with Crippen LogP contribution in [0.15, 0.2) is 47.5 Å². The van der Waals surface area contributed by atoms with Crippen molar-refractivity contribution in [2.24, 2.45) is 5.41 Å². The van der Waals surface area contributed by atoms with Crippen molar-refractivity contribution in [3.63, 3.8) is 0 Å². The van der Waals surface area contributed by atoms with E-state index in [2.05, 4.69) is 19.9 Å². The molecular formula is C22H28N4O3S. The molecule has 1 aliphatic carbocycles. The van der Waals surface area contributed by atoms with Crippen molar-refractivity contribution in [3.8, 4) is 0 Å². The van der Waals surface area contributed by atoms with Crippen LogP contribution in [0.25, 0.3) is 0 Å². The molecule has 2 fully saturated rings. The number of amides is 1. The number of carbonyl (C=O) groups excluding carboxylic acids is 1. The van der Waals surface area contributed by atoms with E-state index in [1.165, 1.54) is 25.0 Å². The standard InChI is InChI=1S/C22H28N4O3S/c1-16(2)25-30(28,29)18-6-3-5-17(15-18)24-21(27)19-7-4-12-23-20(19)26-13-10-22(8-9-22)11-14-26/h3-7,12,15-16,25H,8-11,13-14H2,1-2H3,(H,24,27). The van der Waals surface area contributed by atoms with Gasteiger partial charge in [-0.15, -0.1) is 0 Å². The Labute approximate surface area is 177 Å². The number of hydrogen-bond donors (Lipinski definition) is 2. The molecule has 1 aliphatic heterocycles. The van der Waals surface area contributed by atoms with Gasteiger partial charge in [0, 0.05) is 31.0 Å². The van der Waals surface area contributed by atoms with Crippen LogP contribution < -0.4 is 14.9 Å². The Hall–Kier alpha value is -2.45. The molecule has 0 bridgehead atoms. The van der Waals surface area contributed by atoms with E-state index < -0.39 is 10.0 Å². The molecule has 2 N–H and O–H groups in total. The Bertz CT molecular complexity index is 1040. The number of nitrogens with one attached hydrogen (secondary N) is 2. The highest BCUT2D eigenvalue weighted by molar-refractivity contribution is 7.89. The zero-order valence-corrected chi connectivity index (χ0v) is 18.2. The maximum absolute atomic E-state index is 13.0. The predicted octanol–water partition coefficient (Wildman–Crippen LogP) is 3.40. The number of pyridine rings is 1. The maximum atomic E-state index is 13.0. The Balaban J connectivity index is 1.52. The first-order valence-electron chi connectivity index (χ1n) is 10.4. The molecule has 8 heteroatoms. The number of piperidine rings is 1. The van der Waals surface area contributed by atoms with Crippen LogP contribution in [-0.4, -0.2) is 38.4 Å². The van der Waals surface area contributed by atoms with Crippen LogP contribution in [0.2, 0.25) is 0 Å². The van der Waals surface area contributed by atoms with Gasteiger partial charge in [0.1, 0.15) is 5.82 Å². The summed E-state index contributed by atoms with van der Waals surface area (Å²) in [6.45, 7) is 5.34. The number of rotatable bonds is 6. The molecule has 160 valence electrons. The number of anilines is 2. The molecule has 2 heterocycles. The lowest BCUT2D eigenvalue weighted by Crippen LogP contribution is -2.36. The highest BCUT2D eigenvalue weighted by Crippen LogP contribution is 2.53. The lowest BCUT2D eigenvalue weighted by Gasteiger charge is -2.33. The summed E-state index contributed by atoms with van der Waals surface area (Å²) in [6, 6.07) is 9.57. The predicted molar refractivity (Wildman–Crippen MR) is 117 cm³/mol. The van der Waals surface area contributed by atoms with Crippen molar-refractivity contribution in [1.82, 2.24) is 9.71 Å². The van der Waals surface area contributed by atoms with Crippen LogP contribution in [0, 0.1) is 5.41 Å². The van der Waals surface area contributed by atoms with E-state index in [1.54, 1.807) is 44.3 Å². The molecule has 1 saturated heterocycles. The fraction of sp³-hybridized carbons (Fsp3) is 0.455. The summed E-state index contributed by atoms with van der Waals surface area (Å²) in [5.74, 6) is 0.395. The number of sulfonamides is 1. The van der Waals surface area contributed by atoms with E-state index in [1.807, 2.05) is 0 Å². The van der Waals surface area contributed by atoms with Gasteiger partial charge >= 0.3 is 0 Å². The van der Waals surface area contributed by atoms with Gasteiger partial charge in [0.25, 0.3) is 5.91 Å². The zero-order chi connectivity index (χ0) is 21.4. The van der Waals surface area contributed by atoms with Crippen molar-refractivity contribution in [2.45, 2.75) is 50.5 Å². The molecule has 0 atom stereocenters. The topological polar surface area (TPSA) is 91.4 Å². The third-order valence-corrected chi connectivity index (χ3v) is 7.56. The smallest absolute Gasteiger partial charge is 0.259 e. The molecule has 2 aromatic rings. The minimum atomic E-state index is -3.63. The van der Waals surface area contributed by atoms with Crippen molar-refractivity contribution in [2.75, 3.05) is 23.3 Å². The average molecular weight is 429 g/mol. The van der Waals surface area contributed by atoms with Gasteiger partial charge in [-0.25, -0.2) is 18.1 Å². The van der Waals surface area contributed by atoms with Crippen molar-refractivity contribution in [1.29, 1.82) is 0 Å². The Morgan fingerprint density at radius 3 is 2.50 bits per heavy atom. The van der Waals surface area contributed by atoms with Crippen molar-refractivity contribution >= 4 is 27.4 Å². The SMILES string of the molecule is CC(C)NS(=O)(=O)c1cccc(NC(=O)c2cccnc2N2CCC3(CC2)CC3)c1. The molecule has 0 unspecified atom stereocenters. The normalized spacial score (nSPS) is 17.9. The molecular weight excluding hydrogens is 400 g/mol. The fourth-order valence-electron chi connectivity index (χ4n) is 4.01. The molecule has 2 aliphatic rings. The van der Waals surface area contributed by atoms with Crippen LogP contribution in [0.3, 0.4) is 0 Å². The first-order valence-corrected chi connectivity index (χ1v) is 11.9. The molecule has 4 rings (SSSR count). The quantitative estimate of drug-likeness (QED) is 0.736. The van der Waals surface area contributed by atoms with Gasteiger partial charge in [-0.3, -0.25) is 4.79 Å². The molecule has 7 nitrogen and oxygen atoms in total. The van der Waals surface area contributed by atoms with E-state index >= 15 is 0 Å². The second-order valence-corrected chi connectivity index (χ2v) is 10.3. The van der Waals surface area contributed by atoms with Gasteiger partial charge in [0.2, 0.25) is 10.0 Å². The lowest BCUT2D eigenvalue weighted by molar-refractivity contribution is 0.102. The number of nitrogens with zero attached hydrogens (tertiary/aromatic N) is 2. The molecule has 1 amide bonds. The summed E-state index contributed by atoms with van der Waals surface area (Å²) >= 11 is 0. The average Bonchev–Trinajstić information content (AvgIpc) is 3.47. The number of hydrogen-bond acceptors (Lipinski definition) is 5. The van der Waals surface area contributed by atoms with Gasteiger partial charge in [0.05, 0.1) is 10.5 Å². The highest BCUT2D eigenvalue weighted by atomic mass is 32.2. The third kappa shape index (κ3) is 4.49. The number of carbonyl (C=O) groups is 1. The van der Waals surface area contributed by atoms with E-state index in [9.17, 15) is 13.2 Å². The minimum absolute atomic E-state index is 0.117. The lowest BCUT2D eigenvalue weighted by atomic mass is 9.93. The van der Waals surface area contributed by atoms with Crippen LogP contribution in [0.4, 0.5) is 11.5 Å². The summed E-state index contributed by atoms with van der Waals surface area (Å²) in [4.78, 5) is 19.8. The summed E-state index contributed by atoms with van der Waals surface area (Å²) < 4.78 is 27.4. The van der Waals surface area contributed by atoms with Gasteiger partial charge in [-0.05, 0) is 75.3 Å². The molecule has 30 heavy (non-hydrogen) atoms. The first-order chi connectivity index (χ1) is 14.3. The Morgan fingerprint density at radius 1 is 1.10 bits per heavy atom. The second-order valence-electron chi connectivity index (χ2n) is 8.62. The molecule has 1 spiro atoms. The molecule has 1 saturated carbocycles. The first kappa shape index (κ1) is 20.8. The van der Waals surface area contributed by atoms with E-state index in [0.717, 1.165) is 25.9 Å². The number of benzene rings is 1. The van der Waals surface area contributed by atoms with Crippen molar-refractivity contribution < 1.29 is 13.2 Å². The van der Waals surface area contributed by atoms with Crippen LogP contribution in [0.5, 0.6) is 0 Å². The molecule has 0 radical (unpaired) electrons.